The molecule has 0 aromatic carbocycles. The third-order valence-electron chi connectivity index (χ3n) is 2.31. The van der Waals surface area contributed by atoms with Crippen molar-refractivity contribution in [3.8, 4) is 0 Å². The Morgan fingerprint density at radius 3 is 3.11 bits per heavy atom. The van der Waals surface area contributed by atoms with E-state index in [1.54, 1.807) is 23.3 Å². The van der Waals surface area contributed by atoms with Crippen molar-refractivity contribution in [2.75, 3.05) is 6.54 Å². The number of pyridine rings is 1. The summed E-state index contributed by atoms with van der Waals surface area (Å²) >= 11 is 0. The minimum absolute atomic E-state index is 0.0240. The summed E-state index contributed by atoms with van der Waals surface area (Å²) in [6.45, 7) is 0.915. The second kappa shape index (κ2) is 5.87. The van der Waals surface area contributed by atoms with Crippen molar-refractivity contribution in [2.45, 2.75) is 13.1 Å². The largest absolute Gasteiger partial charge is 0.349 e. The molecule has 2 aromatic rings. The molecule has 0 aliphatic heterocycles. The van der Waals surface area contributed by atoms with Crippen LogP contribution in [0.2, 0.25) is 0 Å². The third-order valence-corrected chi connectivity index (χ3v) is 2.31. The van der Waals surface area contributed by atoms with Gasteiger partial charge in [-0.25, -0.2) is 4.68 Å². The van der Waals surface area contributed by atoms with Gasteiger partial charge in [-0.2, -0.15) is 0 Å². The molecule has 0 saturated carbocycles. The van der Waals surface area contributed by atoms with E-state index in [1.807, 2.05) is 12.1 Å². The molecule has 0 aliphatic rings. The Labute approximate surface area is 104 Å². The quantitative estimate of drug-likeness (QED) is 0.726. The van der Waals surface area contributed by atoms with Crippen molar-refractivity contribution in [3.63, 3.8) is 0 Å². The van der Waals surface area contributed by atoms with Gasteiger partial charge >= 0.3 is 0 Å². The first-order valence-corrected chi connectivity index (χ1v) is 5.52. The molecule has 7 nitrogen and oxygen atoms in total. The number of carbonyl (C=O) groups excluding carboxylic acids is 1. The van der Waals surface area contributed by atoms with Crippen LogP contribution in [0.4, 0.5) is 0 Å². The first kappa shape index (κ1) is 12.2. The van der Waals surface area contributed by atoms with Gasteiger partial charge in [-0.05, 0) is 11.6 Å². The van der Waals surface area contributed by atoms with Crippen LogP contribution >= 0.6 is 0 Å². The van der Waals surface area contributed by atoms with E-state index in [2.05, 4.69) is 20.6 Å². The van der Waals surface area contributed by atoms with Crippen molar-refractivity contribution >= 4 is 5.91 Å². The summed E-state index contributed by atoms with van der Waals surface area (Å²) in [7, 11) is 0. The number of nitrogens with two attached hydrogens (primary N) is 1. The third kappa shape index (κ3) is 3.36. The molecule has 0 radical (unpaired) electrons. The molecule has 0 unspecified atom stereocenters. The fourth-order valence-corrected chi connectivity index (χ4v) is 1.44. The Balaban J connectivity index is 1.92. The van der Waals surface area contributed by atoms with Crippen molar-refractivity contribution in [1.82, 2.24) is 25.3 Å². The van der Waals surface area contributed by atoms with Crippen molar-refractivity contribution in [3.05, 3.63) is 42.0 Å². The van der Waals surface area contributed by atoms with Gasteiger partial charge in [-0.1, -0.05) is 11.3 Å². The molecule has 0 saturated heterocycles. The van der Waals surface area contributed by atoms with Crippen molar-refractivity contribution in [2.24, 2.45) is 5.73 Å². The molecule has 2 aromatic heterocycles. The van der Waals surface area contributed by atoms with E-state index in [4.69, 9.17) is 5.73 Å². The van der Waals surface area contributed by atoms with Crippen LogP contribution in [0.25, 0.3) is 0 Å². The molecule has 0 aliphatic carbocycles. The number of nitrogens with one attached hydrogen (secondary N) is 1. The van der Waals surface area contributed by atoms with Crippen LogP contribution in [0.3, 0.4) is 0 Å². The van der Waals surface area contributed by atoms with Crippen LogP contribution in [0, 0.1) is 0 Å². The summed E-state index contributed by atoms with van der Waals surface area (Å²) in [5.74, 6) is -0.211. The molecule has 0 fully saturated rings. The highest BCUT2D eigenvalue weighted by Gasteiger charge is 2.03. The maximum absolute atomic E-state index is 11.0. The highest BCUT2D eigenvalue weighted by Crippen LogP contribution is 2.00. The Bertz CT molecular complexity index is 509. The Hall–Kier alpha value is -2.28. The van der Waals surface area contributed by atoms with Crippen LogP contribution in [-0.2, 0) is 17.9 Å². The average molecular weight is 246 g/mol. The van der Waals surface area contributed by atoms with Gasteiger partial charge in [0, 0.05) is 12.4 Å². The SMILES string of the molecule is NCC(=O)NCc1cn(Cc2cccnc2)nn1. The second-order valence-corrected chi connectivity index (χ2v) is 3.75. The Morgan fingerprint density at radius 2 is 2.39 bits per heavy atom. The van der Waals surface area contributed by atoms with Gasteiger partial charge in [-0.15, -0.1) is 5.10 Å². The van der Waals surface area contributed by atoms with Crippen molar-refractivity contribution in [1.29, 1.82) is 0 Å². The zero-order chi connectivity index (χ0) is 12.8. The fourth-order valence-electron chi connectivity index (χ4n) is 1.44. The first-order chi connectivity index (χ1) is 8.78. The molecule has 0 spiro atoms. The number of carbonyl (C=O) groups is 1. The van der Waals surface area contributed by atoms with E-state index in [0.29, 0.717) is 18.8 Å². The van der Waals surface area contributed by atoms with E-state index >= 15 is 0 Å². The van der Waals surface area contributed by atoms with E-state index < -0.39 is 0 Å². The molecule has 1 amide bonds. The number of hydrogen-bond donors (Lipinski definition) is 2. The van der Waals surface area contributed by atoms with Crippen LogP contribution in [0.15, 0.2) is 30.7 Å². The highest BCUT2D eigenvalue weighted by atomic mass is 16.1. The Kier molecular flexibility index (Phi) is 3.98. The number of amides is 1. The average Bonchev–Trinajstić information content (AvgIpc) is 2.85. The monoisotopic (exact) mass is 246 g/mol. The van der Waals surface area contributed by atoms with E-state index in [1.165, 1.54) is 0 Å². The van der Waals surface area contributed by atoms with E-state index in [-0.39, 0.29) is 12.5 Å². The van der Waals surface area contributed by atoms with Gasteiger partial charge in [0.05, 0.1) is 25.8 Å². The van der Waals surface area contributed by atoms with Crippen LogP contribution in [-0.4, -0.2) is 32.4 Å². The zero-order valence-corrected chi connectivity index (χ0v) is 9.78. The van der Waals surface area contributed by atoms with Gasteiger partial charge < -0.3 is 11.1 Å². The summed E-state index contributed by atoms with van der Waals surface area (Å²) < 4.78 is 1.70. The van der Waals surface area contributed by atoms with Crippen molar-refractivity contribution < 1.29 is 4.79 Å². The van der Waals surface area contributed by atoms with Crippen LogP contribution < -0.4 is 11.1 Å². The predicted molar refractivity (Wildman–Crippen MR) is 64.3 cm³/mol. The molecule has 3 N–H and O–H groups in total. The van der Waals surface area contributed by atoms with E-state index in [0.717, 1.165) is 5.56 Å². The summed E-state index contributed by atoms with van der Waals surface area (Å²) in [6.07, 6.45) is 5.28. The van der Waals surface area contributed by atoms with E-state index in [9.17, 15) is 4.79 Å². The van der Waals surface area contributed by atoms with Gasteiger partial charge in [0.2, 0.25) is 5.91 Å². The molecule has 94 valence electrons. The van der Waals surface area contributed by atoms with Gasteiger partial charge in [0.1, 0.15) is 5.69 Å². The molecular formula is C11H14N6O. The molecular weight excluding hydrogens is 232 g/mol. The van der Waals surface area contributed by atoms with Gasteiger partial charge in [0.15, 0.2) is 0 Å². The molecule has 0 atom stereocenters. The zero-order valence-electron chi connectivity index (χ0n) is 9.78. The lowest BCUT2D eigenvalue weighted by molar-refractivity contribution is -0.119. The lowest BCUT2D eigenvalue weighted by atomic mass is 10.3. The smallest absolute Gasteiger partial charge is 0.234 e. The maximum Gasteiger partial charge on any atom is 0.234 e. The number of nitrogens with zero attached hydrogens (tertiary/aromatic N) is 4. The number of hydrogen-bond acceptors (Lipinski definition) is 5. The second-order valence-electron chi connectivity index (χ2n) is 3.75. The maximum atomic E-state index is 11.0. The summed E-state index contributed by atoms with van der Waals surface area (Å²) in [5.41, 5.74) is 6.92. The topological polar surface area (TPSA) is 98.7 Å². The molecule has 2 rings (SSSR count). The summed E-state index contributed by atoms with van der Waals surface area (Å²) in [4.78, 5) is 15.0. The van der Waals surface area contributed by atoms with Gasteiger partial charge in [-0.3, -0.25) is 9.78 Å². The number of rotatable bonds is 5. The minimum Gasteiger partial charge on any atom is -0.349 e. The standard InChI is InChI=1S/C11H14N6O/c12-4-11(18)14-6-10-8-17(16-15-10)7-9-2-1-3-13-5-9/h1-3,5,8H,4,6-7,12H2,(H,14,18). The predicted octanol–water partition coefficient (Wildman–Crippen LogP) is -0.704. The minimum atomic E-state index is -0.211. The molecule has 0 bridgehead atoms. The lowest BCUT2D eigenvalue weighted by Gasteiger charge is -1.99. The summed E-state index contributed by atoms with van der Waals surface area (Å²) in [6, 6.07) is 3.83. The summed E-state index contributed by atoms with van der Waals surface area (Å²) in [5, 5.41) is 10.6. The highest BCUT2D eigenvalue weighted by molar-refractivity contribution is 5.77. The molecule has 7 heteroatoms. The fraction of sp³-hybridized carbons (Fsp3) is 0.273. The first-order valence-electron chi connectivity index (χ1n) is 5.52. The molecule has 18 heavy (non-hydrogen) atoms. The normalized spacial score (nSPS) is 10.3. The Morgan fingerprint density at radius 1 is 1.50 bits per heavy atom. The lowest BCUT2D eigenvalue weighted by Crippen LogP contribution is -2.29. The number of aromatic nitrogens is 4. The van der Waals surface area contributed by atoms with Crippen LogP contribution in [0.1, 0.15) is 11.3 Å². The van der Waals surface area contributed by atoms with Crippen LogP contribution in [0.5, 0.6) is 0 Å². The van der Waals surface area contributed by atoms with Gasteiger partial charge in [0.25, 0.3) is 0 Å². The molecule has 2 heterocycles.